The normalized spacial score (nSPS) is 15.0. The van der Waals surface area contributed by atoms with E-state index < -0.39 is 4.92 Å². The number of piperidine rings is 1. The van der Waals surface area contributed by atoms with Crippen molar-refractivity contribution in [3.63, 3.8) is 0 Å². The van der Waals surface area contributed by atoms with Gasteiger partial charge in [0.05, 0.1) is 30.8 Å². The molecular formula is C23H25N5O4. The van der Waals surface area contributed by atoms with Gasteiger partial charge in [0.2, 0.25) is 0 Å². The number of pyridine rings is 1. The van der Waals surface area contributed by atoms with Gasteiger partial charge in [-0.05, 0) is 62.2 Å². The SMILES string of the molecule is COc1ccc2ncc(C#N)c(CCN3CCC(NCc4ccc([N+](=O)[O-])o4)CC3)c2c1. The number of nitriles is 1. The van der Waals surface area contributed by atoms with E-state index in [0.717, 1.165) is 61.1 Å². The third kappa shape index (κ3) is 4.88. The van der Waals surface area contributed by atoms with Gasteiger partial charge in [-0.1, -0.05) is 0 Å². The molecule has 1 aromatic carbocycles. The molecule has 2 aromatic heterocycles. The van der Waals surface area contributed by atoms with E-state index in [0.29, 0.717) is 23.9 Å². The summed E-state index contributed by atoms with van der Waals surface area (Å²) in [6.45, 7) is 3.24. The van der Waals surface area contributed by atoms with E-state index in [2.05, 4.69) is 21.3 Å². The third-order valence-electron chi connectivity index (χ3n) is 5.97. The summed E-state index contributed by atoms with van der Waals surface area (Å²) >= 11 is 0. The molecule has 1 aliphatic heterocycles. The van der Waals surface area contributed by atoms with E-state index in [4.69, 9.17) is 9.15 Å². The molecule has 1 aliphatic rings. The van der Waals surface area contributed by atoms with E-state index in [1.807, 2.05) is 18.2 Å². The van der Waals surface area contributed by atoms with Crippen molar-refractivity contribution in [2.75, 3.05) is 26.7 Å². The first-order valence-electron chi connectivity index (χ1n) is 10.6. The van der Waals surface area contributed by atoms with Crippen LogP contribution in [0, 0.1) is 21.4 Å². The van der Waals surface area contributed by atoms with Gasteiger partial charge >= 0.3 is 5.88 Å². The molecule has 0 amide bonds. The topological polar surface area (TPSA) is 117 Å². The van der Waals surface area contributed by atoms with Crippen LogP contribution in [0.2, 0.25) is 0 Å². The standard InChI is InChI=1S/C23H25N5O4/c1-31-18-2-4-22-21(12-18)20(16(13-24)14-26-22)8-11-27-9-6-17(7-10-27)25-15-19-3-5-23(32-19)28(29)30/h2-5,12,14,17,25H,6-11,15H2,1H3. The number of hydrogen-bond donors (Lipinski definition) is 1. The quantitative estimate of drug-likeness (QED) is 0.422. The minimum atomic E-state index is -0.526. The molecule has 0 atom stereocenters. The Labute approximate surface area is 185 Å². The van der Waals surface area contributed by atoms with Gasteiger partial charge in [0.1, 0.15) is 22.5 Å². The number of benzene rings is 1. The Hall–Kier alpha value is -3.48. The second kappa shape index (κ2) is 9.77. The fourth-order valence-electron chi connectivity index (χ4n) is 4.15. The van der Waals surface area contributed by atoms with E-state index in [-0.39, 0.29) is 5.88 Å². The van der Waals surface area contributed by atoms with E-state index in [1.54, 1.807) is 19.4 Å². The molecule has 0 saturated carbocycles. The van der Waals surface area contributed by atoms with Crippen molar-refractivity contribution in [3.05, 3.63) is 63.5 Å². The number of furan rings is 1. The summed E-state index contributed by atoms with van der Waals surface area (Å²) in [6.07, 6.45) is 4.39. The zero-order chi connectivity index (χ0) is 22.5. The molecule has 4 rings (SSSR count). The van der Waals surface area contributed by atoms with Crippen LogP contribution in [0.4, 0.5) is 5.88 Å². The molecule has 32 heavy (non-hydrogen) atoms. The molecule has 1 fully saturated rings. The van der Waals surface area contributed by atoms with Gasteiger partial charge in [-0.15, -0.1) is 0 Å². The van der Waals surface area contributed by atoms with Crippen molar-refractivity contribution in [2.24, 2.45) is 0 Å². The fourth-order valence-corrected chi connectivity index (χ4v) is 4.15. The Morgan fingerprint density at radius 1 is 1.34 bits per heavy atom. The Morgan fingerprint density at radius 2 is 2.16 bits per heavy atom. The third-order valence-corrected chi connectivity index (χ3v) is 5.97. The molecule has 1 N–H and O–H groups in total. The van der Waals surface area contributed by atoms with Gasteiger partial charge in [0, 0.05) is 24.2 Å². The first kappa shape index (κ1) is 21.7. The predicted molar refractivity (Wildman–Crippen MR) is 118 cm³/mol. The van der Waals surface area contributed by atoms with Crippen molar-refractivity contribution in [2.45, 2.75) is 31.8 Å². The van der Waals surface area contributed by atoms with Gasteiger partial charge in [-0.2, -0.15) is 5.26 Å². The molecule has 0 spiro atoms. The summed E-state index contributed by atoms with van der Waals surface area (Å²) in [6, 6.07) is 11.4. The molecular weight excluding hydrogens is 410 g/mol. The van der Waals surface area contributed by atoms with Gasteiger partial charge < -0.3 is 19.4 Å². The van der Waals surface area contributed by atoms with Crippen LogP contribution in [0.1, 0.15) is 29.7 Å². The summed E-state index contributed by atoms with van der Waals surface area (Å²) in [4.78, 5) is 17.0. The van der Waals surface area contributed by atoms with Crippen molar-refractivity contribution in [1.82, 2.24) is 15.2 Å². The predicted octanol–water partition coefficient (Wildman–Crippen LogP) is 3.41. The molecule has 0 radical (unpaired) electrons. The van der Waals surface area contributed by atoms with Crippen molar-refractivity contribution >= 4 is 16.8 Å². The largest absolute Gasteiger partial charge is 0.497 e. The van der Waals surface area contributed by atoms with Crippen LogP contribution in [0.3, 0.4) is 0 Å². The van der Waals surface area contributed by atoms with Crippen LogP contribution in [0.25, 0.3) is 10.9 Å². The molecule has 0 aliphatic carbocycles. The number of rotatable bonds is 8. The second-order valence-corrected chi connectivity index (χ2v) is 7.89. The van der Waals surface area contributed by atoms with Gasteiger partial charge in [-0.25, -0.2) is 0 Å². The average molecular weight is 435 g/mol. The smallest absolute Gasteiger partial charge is 0.433 e. The number of hydrogen-bond acceptors (Lipinski definition) is 8. The van der Waals surface area contributed by atoms with Crippen LogP contribution in [-0.4, -0.2) is 47.6 Å². The highest BCUT2D eigenvalue weighted by Gasteiger charge is 2.20. The van der Waals surface area contributed by atoms with E-state index >= 15 is 0 Å². The second-order valence-electron chi connectivity index (χ2n) is 7.89. The maximum absolute atomic E-state index is 10.7. The lowest BCUT2D eigenvalue weighted by Gasteiger charge is -2.32. The molecule has 0 unspecified atom stereocenters. The summed E-state index contributed by atoms with van der Waals surface area (Å²) in [5.41, 5.74) is 2.48. The average Bonchev–Trinajstić information content (AvgIpc) is 3.31. The minimum absolute atomic E-state index is 0.227. The lowest BCUT2D eigenvalue weighted by molar-refractivity contribution is -0.402. The number of nitrogens with one attached hydrogen (secondary N) is 1. The highest BCUT2D eigenvalue weighted by molar-refractivity contribution is 5.85. The highest BCUT2D eigenvalue weighted by Crippen LogP contribution is 2.26. The maximum atomic E-state index is 10.7. The zero-order valence-corrected chi connectivity index (χ0v) is 17.9. The van der Waals surface area contributed by atoms with Crippen molar-refractivity contribution in [1.29, 1.82) is 5.26 Å². The molecule has 0 bridgehead atoms. The Kier molecular flexibility index (Phi) is 6.63. The lowest BCUT2D eigenvalue weighted by Crippen LogP contribution is -2.42. The Balaban J connectivity index is 1.32. The lowest BCUT2D eigenvalue weighted by atomic mass is 9.99. The van der Waals surface area contributed by atoms with Crippen LogP contribution in [0.15, 0.2) is 40.9 Å². The van der Waals surface area contributed by atoms with Gasteiger partial charge in [-0.3, -0.25) is 15.1 Å². The summed E-state index contributed by atoms with van der Waals surface area (Å²) < 4.78 is 10.6. The number of likely N-dealkylation sites (tertiary alicyclic amines) is 1. The first-order valence-corrected chi connectivity index (χ1v) is 10.6. The molecule has 166 valence electrons. The molecule has 9 heteroatoms. The maximum Gasteiger partial charge on any atom is 0.433 e. The first-order chi connectivity index (χ1) is 15.6. The van der Waals surface area contributed by atoms with Crippen LogP contribution >= 0.6 is 0 Å². The van der Waals surface area contributed by atoms with Crippen LogP contribution in [0.5, 0.6) is 5.75 Å². The monoisotopic (exact) mass is 435 g/mol. The molecule has 9 nitrogen and oxygen atoms in total. The fraction of sp³-hybridized carbons (Fsp3) is 0.391. The highest BCUT2D eigenvalue weighted by atomic mass is 16.6. The molecule has 3 heterocycles. The Morgan fingerprint density at radius 3 is 2.84 bits per heavy atom. The summed E-state index contributed by atoms with van der Waals surface area (Å²) in [5.74, 6) is 1.10. The minimum Gasteiger partial charge on any atom is -0.497 e. The Bertz CT molecular complexity index is 1140. The van der Waals surface area contributed by atoms with Crippen molar-refractivity contribution < 1.29 is 14.1 Å². The van der Waals surface area contributed by atoms with Gasteiger partial charge in [0.15, 0.2) is 0 Å². The number of ether oxygens (including phenoxy) is 1. The molecule has 3 aromatic rings. The van der Waals surface area contributed by atoms with Crippen LogP contribution in [-0.2, 0) is 13.0 Å². The van der Waals surface area contributed by atoms with E-state index in [1.165, 1.54) is 6.07 Å². The number of nitro groups is 1. The molecule has 1 saturated heterocycles. The number of fused-ring (bicyclic) bond motifs is 1. The van der Waals surface area contributed by atoms with Crippen LogP contribution < -0.4 is 10.1 Å². The number of aromatic nitrogens is 1. The van der Waals surface area contributed by atoms with Gasteiger partial charge in [0.25, 0.3) is 0 Å². The summed E-state index contributed by atoms with van der Waals surface area (Å²) in [5, 5.41) is 24.7. The van der Waals surface area contributed by atoms with Crippen molar-refractivity contribution in [3.8, 4) is 11.8 Å². The zero-order valence-electron chi connectivity index (χ0n) is 17.9. The van der Waals surface area contributed by atoms with E-state index in [9.17, 15) is 15.4 Å². The summed E-state index contributed by atoms with van der Waals surface area (Å²) in [7, 11) is 1.63. The number of methoxy groups -OCH3 is 1. The number of nitrogens with zero attached hydrogens (tertiary/aromatic N) is 4.